The fourth-order valence-electron chi connectivity index (χ4n) is 6.45. The number of hydrogen-bond donors (Lipinski definition) is 4. The number of hydrogen-bond acceptors (Lipinski definition) is 15. The number of thiazole rings is 1. The van der Waals surface area contributed by atoms with E-state index in [1.807, 2.05) is 0 Å². The summed E-state index contributed by atoms with van der Waals surface area (Å²) in [5.41, 5.74) is 1.83. The van der Waals surface area contributed by atoms with Gasteiger partial charge >= 0.3 is 0 Å². The van der Waals surface area contributed by atoms with Crippen LogP contribution in [0.1, 0.15) is 35.0 Å². The number of benzene rings is 2. The number of nitrogens with zero attached hydrogens (tertiary/aromatic N) is 3. The van der Waals surface area contributed by atoms with E-state index in [1.54, 1.807) is 23.6 Å². The van der Waals surface area contributed by atoms with Gasteiger partial charge in [0, 0.05) is 54.8 Å². The van der Waals surface area contributed by atoms with Crippen molar-refractivity contribution in [3.05, 3.63) is 58.5 Å². The summed E-state index contributed by atoms with van der Waals surface area (Å²) in [6.45, 7) is 4.99. The molecule has 2 atom stereocenters. The summed E-state index contributed by atoms with van der Waals surface area (Å²) in [4.78, 5) is 57.2. The van der Waals surface area contributed by atoms with Crippen LogP contribution in [0.3, 0.4) is 0 Å². The smallest absolute Gasteiger partial charge is 0.259 e. The minimum Gasteiger partial charge on any atom is -0.480 e. The molecule has 0 radical (unpaired) electrons. The predicted octanol–water partition coefficient (Wildman–Crippen LogP) is 1.85. The molecule has 6 rings (SSSR count). The first kappa shape index (κ1) is 42.8. The largest absolute Gasteiger partial charge is 0.480 e. The highest BCUT2D eigenvalue weighted by molar-refractivity contribution is 7.14. The molecule has 1 unspecified atom stereocenters. The van der Waals surface area contributed by atoms with Gasteiger partial charge in [0.1, 0.15) is 6.04 Å². The van der Waals surface area contributed by atoms with Crippen LogP contribution in [-0.4, -0.2) is 144 Å². The number of halogens is 2. The van der Waals surface area contributed by atoms with Crippen LogP contribution in [0.25, 0.3) is 11.3 Å². The van der Waals surface area contributed by atoms with Crippen molar-refractivity contribution in [2.45, 2.75) is 25.1 Å². The average molecular weight is 833 g/mol. The first-order chi connectivity index (χ1) is 28.2. The third kappa shape index (κ3) is 11.0. The van der Waals surface area contributed by atoms with Crippen molar-refractivity contribution in [1.82, 2.24) is 20.5 Å². The highest BCUT2D eigenvalue weighted by Crippen LogP contribution is 2.39. The van der Waals surface area contributed by atoms with Crippen molar-refractivity contribution in [2.75, 3.05) is 109 Å². The lowest BCUT2D eigenvalue weighted by molar-refractivity contribution is -0.139. The van der Waals surface area contributed by atoms with Crippen LogP contribution in [0.2, 0.25) is 0 Å². The van der Waals surface area contributed by atoms with Gasteiger partial charge in [-0.15, -0.1) is 11.3 Å². The van der Waals surface area contributed by atoms with Crippen LogP contribution in [-0.2, 0) is 38.1 Å². The zero-order chi connectivity index (χ0) is 40.9. The molecule has 4 amide bonds. The minimum atomic E-state index is -1.30. The monoisotopic (exact) mass is 832 g/mol. The summed E-state index contributed by atoms with van der Waals surface area (Å²) in [5.74, 6) is -4.71. The van der Waals surface area contributed by atoms with Crippen molar-refractivity contribution in [2.24, 2.45) is 0 Å². The molecule has 2 saturated heterocycles. The number of rotatable bonds is 22. The Morgan fingerprint density at radius 1 is 0.948 bits per heavy atom. The van der Waals surface area contributed by atoms with Crippen LogP contribution in [0.15, 0.2) is 35.7 Å². The Morgan fingerprint density at radius 2 is 1.64 bits per heavy atom. The van der Waals surface area contributed by atoms with Gasteiger partial charge in [-0.1, -0.05) is 12.1 Å². The van der Waals surface area contributed by atoms with Crippen LogP contribution >= 0.6 is 11.3 Å². The molecule has 3 aromatic rings. The van der Waals surface area contributed by atoms with Gasteiger partial charge in [-0.2, -0.15) is 4.39 Å². The number of anilines is 2. The third-order valence-electron chi connectivity index (χ3n) is 9.33. The minimum absolute atomic E-state index is 0.0865. The molecule has 58 heavy (non-hydrogen) atoms. The van der Waals surface area contributed by atoms with E-state index in [2.05, 4.69) is 25.8 Å². The van der Waals surface area contributed by atoms with E-state index in [0.29, 0.717) is 89.4 Å². The fraction of sp³-hybridized carbons (Fsp3) is 0.500. The fourth-order valence-corrected chi connectivity index (χ4v) is 7.33. The van der Waals surface area contributed by atoms with Gasteiger partial charge in [0.25, 0.3) is 11.8 Å². The first-order valence-electron chi connectivity index (χ1n) is 18.9. The molecule has 4 N–H and O–H groups in total. The Morgan fingerprint density at radius 3 is 2.34 bits per heavy atom. The Labute approximate surface area is 336 Å². The summed E-state index contributed by atoms with van der Waals surface area (Å²) in [6.07, 6.45) is -1.07. The van der Waals surface area contributed by atoms with Gasteiger partial charge in [-0.05, 0) is 24.6 Å². The Bertz CT molecular complexity index is 1900. The van der Waals surface area contributed by atoms with E-state index in [9.17, 15) is 33.1 Å². The number of aliphatic hydroxyl groups is 1. The number of carbonyl (C=O) groups excluding carboxylic acids is 4. The molecule has 3 aliphatic heterocycles. The number of amides is 4. The van der Waals surface area contributed by atoms with Gasteiger partial charge < -0.3 is 49.1 Å². The number of nitrogens with one attached hydrogen (secondary N) is 3. The molecule has 0 bridgehead atoms. The van der Waals surface area contributed by atoms with Crippen LogP contribution in [0.5, 0.6) is 5.75 Å². The maximum absolute atomic E-state index is 14.8. The number of ether oxygens (including phenoxy) is 6. The lowest BCUT2D eigenvalue weighted by Gasteiger charge is -2.31. The molecule has 0 spiro atoms. The maximum Gasteiger partial charge on any atom is 0.259 e. The summed E-state index contributed by atoms with van der Waals surface area (Å²) >= 11 is 1.37. The van der Waals surface area contributed by atoms with Crippen molar-refractivity contribution < 1.29 is 61.5 Å². The van der Waals surface area contributed by atoms with Gasteiger partial charge in [-0.3, -0.25) is 29.4 Å². The Balaban J connectivity index is 0.770. The number of fused-ring (bicyclic) bond motifs is 1. The normalized spacial score (nSPS) is 18.0. The molecule has 2 fully saturated rings. The Hall–Kier alpha value is -4.83. The zero-order valence-electron chi connectivity index (χ0n) is 31.7. The van der Waals surface area contributed by atoms with Crippen LogP contribution < -0.4 is 25.6 Å². The highest BCUT2D eigenvalue weighted by atomic mass is 32.1. The molecule has 3 aliphatic rings. The number of aromatic nitrogens is 1. The van der Waals surface area contributed by atoms with E-state index >= 15 is 0 Å². The van der Waals surface area contributed by atoms with Crippen molar-refractivity contribution in [3.8, 4) is 17.0 Å². The van der Waals surface area contributed by atoms with Gasteiger partial charge in [0.2, 0.25) is 17.6 Å². The predicted molar refractivity (Wildman–Crippen MR) is 205 cm³/mol. The van der Waals surface area contributed by atoms with Crippen molar-refractivity contribution in [3.63, 3.8) is 0 Å². The maximum atomic E-state index is 14.8. The van der Waals surface area contributed by atoms with E-state index < -0.39 is 54.1 Å². The lowest BCUT2D eigenvalue weighted by atomic mass is 10.0. The lowest BCUT2D eigenvalue weighted by Crippen LogP contribution is -2.53. The van der Waals surface area contributed by atoms with E-state index in [4.69, 9.17) is 28.4 Å². The Kier molecular flexibility index (Phi) is 15.7. The molecule has 4 heterocycles. The highest BCUT2D eigenvalue weighted by Gasteiger charge is 2.45. The zero-order valence-corrected chi connectivity index (χ0v) is 32.5. The second-order valence-electron chi connectivity index (χ2n) is 13.2. The van der Waals surface area contributed by atoms with Crippen molar-refractivity contribution in [1.29, 1.82) is 0 Å². The van der Waals surface area contributed by atoms with Crippen LogP contribution in [0, 0.1) is 11.6 Å². The van der Waals surface area contributed by atoms with Crippen molar-refractivity contribution >= 4 is 45.8 Å². The quantitative estimate of drug-likeness (QED) is 0.0845. The first-order valence-corrected chi connectivity index (χ1v) is 19.8. The van der Waals surface area contributed by atoms with Gasteiger partial charge in [0.15, 0.2) is 29.5 Å². The standard InChI is InChI=1S/C38H46F2N6O11S/c39-26-5-4-24(28-23-58-38(43-28)45-10-14-54-15-11-45)34(33(26)40)57-22-31(48)42-9-13-53-17-19-56-21-20-55-18-16-52-12-8-41-27-3-1-2-25-32(27)37(51)46(36(25)50)29-6-7-30(47)44-35(29)49/h1-5,23,29,36,41,50H,6-22H2,(H,42,48)(H,44,47,49)/t29?,36-/m0/s1. The average Bonchev–Trinajstić information content (AvgIpc) is 3.81. The van der Waals surface area contributed by atoms with Crippen LogP contribution in [0.4, 0.5) is 19.6 Å². The SMILES string of the molecule is O=C(COc1c(-c2csc(N3CCOCC3)n2)ccc(F)c1F)NCCOCCOCCOCCOCCNc1cccc2c1C(=O)N(C1CCC(=O)NC1=O)[C@H]2O. The third-order valence-corrected chi connectivity index (χ3v) is 10.2. The van der Waals surface area contributed by atoms with E-state index in [-0.39, 0.29) is 49.5 Å². The topological polar surface area (TPSA) is 199 Å². The molecule has 20 heteroatoms. The number of morpholine rings is 1. The van der Waals surface area contributed by atoms with E-state index in [1.165, 1.54) is 17.4 Å². The second kappa shape index (κ2) is 21.3. The number of piperidine rings is 1. The van der Waals surface area contributed by atoms with E-state index in [0.717, 1.165) is 16.1 Å². The molecule has 17 nitrogen and oxygen atoms in total. The number of aliphatic hydroxyl groups excluding tert-OH is 1. The summed E-state index contributed by atoms with van der Waals surface area (Å²) < 4.78 is 61.7. The number of carbonyl (C=O) groups is 4. The summed E-state index contributed by atoms with van der Waals surface area (Å²) in [5, 5.41) is 21.3. The molecular weight excluding hydrogens is 787 g/mol. The molecule has 1 aromatic heterocycles. The molecule has 314 valence electrons. The molecular formula is C38H46F2N6O11S. The second-order valence-corrected chi connectivity index (χ2v) is 14.0. The summed E-state index contributed by atoms with van der Waals surface area (Å²) in [7, 11) is 0. The molecule has 0 saturated carbocycles. The van der Waals surface area contributed by atoms with Gasteiger partial charge in [-0.25, -0.2) is 9.37 Å². The van der Waals surface area contributed by atoms with Gasteiger partial charge in [0.05, 0.1) is 77.3 Å². The summed E-state index contributed by atoms with van der Waals surface area (Å²) in [6, 6.07) is 6.49. The molecule has 0 aliphatic carbocycles. The molecule has 2 aromatic carbocycles. The number of imide groups is 1.